The lowest BCUT2D eigenvalue weighted by molar-refractivity contribution is -0.118. The molecule has 0 radical (unpaired) electrons. The van der Waals surface area contributed by atoms with Gasteiger partial charge in [-0.2, -0.15) is 0 Å². The Bertz CT molecular complexity index is 1090. The number of ether oxygens (including phenoxy) is 1. The number of Topliss-reactive ketones (excluding diaryl/α,β-unsaturated/α-hetero) is 1. The third kappa shape index (κ3) is 7.37. The summed E-state index contributed by atoms with van der Waals surface area (Å²) in [7, 11) is 0. The van der Waals surface area contributed by atoms with Gasteiger partial charge in [0.05, 0.1) is 35.2 Å². The van der Waals surface area contributed by atoms with Crippen molar-refractivity contribution in [2.75, 3.05) is 0 Å². The maximum absolute atomic E-state index is 12.4. The highest BCUT2D eigenvalue weighted by atomic mass is 16.6. The number of hydrogen-bond donors (Lipinski definition) is 2. The van der Waals surface area contributed by atoms with Crippen LogP contribution in [-0.2, 0) is 9.53 Å². The van der Waals surface area contributed by atoms with Crippen molar-refractivity contribution in [1.29, 1.82) is 0 Å². The molecule has 8 heteroatoms. The van der Waals surface area contributed by atoms with Gasteiger partial charge in [0.25, 0.3) is 0 Å². The molecule has 176 valence electrons. The second kappa shape index (κ2) is 11.0. The van der Waals surface area contributed by atoms with E-state index in [9.17, 15) is 9.59 Å². The van der Waals surface area contributed by atoms with E-state index in [-0.39, 0.29) is 11.8 Å². The third-order valence-electron chi connectivity index (χ3n) is 5.18. The number of benzene rings is 1. The monoisotopic (exact) mass is 451 g/mol. The van der Waals surface area contributed by atoms with Crippen molar-refractivity contribution in [3.8, 4) is 11.4 Å². The number of nitrogens with one attached hydrogen (secondary N) is 2. The van der Waals surface area contributed by atoms with Gasteiger partial charge in [-0.05, 0) is 45.7 Å². The zero-order chi connectivity index (χ0) is 23.8. The highest BCUT2D eigenvalue weighted by Crippen LogP contribution is 2.23. The number of imidazole rings is 1. The van der Waals surface area contributed by atoms with E-state index < -0.39 is 11.7 Å². The van der Waals surface area contributed by atoms with Crippen molar-refractivity contribution in [2.24, 2.45) is 0 Å². The molecule has 3 rings (SSSR count). The summed E-state index contributed by atoms with van der Waals surface area (Å²) >= 11 is 0. The molecule has 8 nitrogen and oxygen atoms in total. The summed E-state index contributed by atoms with van der Waals surface area (Å²) in [5.74, 6) is 0.918. The van der Waals surface area contributed by atoms with Crippen molar-refractivity contribution < 1.29 is 14.3 Å². The van der Waals surface area contributed by atoms with Crippen molar-refractivity contribution in [3.05, 3.63) is 42.5 Å². The van der Waals surface area contributed by atoms with E-state index in [0.717, 1.165) is 36.0 Å². The van der Waals surface area contributed by atoms with Crippen LogP contribution in [0.5, 0.6) is 0 Å². The van der Waals surface area contributed by atoms with Crippen molar-refractivity contribution in [2.45, 2.75) is 77.9 Å². The fourth-order valence-electron chi connectivity index (χ4n) is 3.48. The molecule has 0 bridgehead atoms. The Kier molecular flexibility index (Phi) is 8.14. The summed E-state index contributed by atoms with van der Waals surface area (Å²) in [6, 6.07) is 7.34. The molecule has 33 heavy (non-hydrogen) atoms. The van der Waals surface area contributed by atoms with Crippen LogP contribution in [0.1, 0.15) is 78.1 Å². The molecule has 2 heterocycles. The summed E-state index contributed by atoms with van der Waals surface area (Å²) in [4.78, 5) is 40.9. The van der Waals surface area contributed by atoms with Crippen LogP contribution < -0.4 is 5.32 Å². The predicted molar refractivity (Wildman–Crippen MR) is 128 cm³/mol. The molecule has 1 amide bonds. The zero-order valence-electron chi connectivity index (χ0n) is 19.9. The fourth-order valence-corrected chi connectivity index (χ4v) is 3.48. The largest absolute Gasteiger partial charge is 0.444 e. The summed E-state index contributed by atoms with van der Waals surface area (Å²) in [6.07, 6.45) is 7.39. The Morgan fingerprint density at radius 2 is 1.82 bits per heavy atom. The number of alkyl carbamates (subject to hydrolysis) is 1. The predicted octanol–water partition coefficient (Wildman–Crippen LogP) is 5.52. The standard InChI is InChI=1S/C25H33N5O3/c1-5-17(31)11-7-6-8-14-20(30-24(32)33-25(2,3)4)23-27-16-22(29-23)21-15-26-18-12-9-10-13-19(18)28-21/h9-10,12-13,15-16,20H,5-8,11,14H2,1-4H3,(H,27,29)(H,30,32)/t20-/m0/s1. The molecule has 1 aromatic carbocycles. The van der Waals surface area contributed by atoms with E-state index in [1.807, 2.05) is 52.0 Å². The zero-order valence-corrected chi connectivity index (χ0v) is 19.9. The maximum atomic E-state index is 12.4. The number of carbonyl (C=O) groups is 2. The number of H-pyrrole nitrogens is 1. The number of nitrogens with zero attached hydrogens (tertiary/aromatic N) is 3. The molecular formula is C25H33N5O3. The van der Waals surface area contributed by atoms with Crippen LogP contribution in [0.15, 0.2) is 36.7 Å². The number of ketones is 1. The van der Waals surface area contributed by atoms with Crippen LogP contribution in [0.4, 0.5) is 4.79 Å². The van der Waals surface area contributed by atoms with E-state index in [4.69, 9.17) is 4.74 Å². The van der Waals surface area contributed by atoms with Crippen molar-refractivity contribution in [1.82, 2.24) is 25.3 Å². The fraction of sp³-hybridized carbons (Fsp3) is 0.480. The topological polar surface area (TPSA) is 110 Å². The van der Waals surface area contributed by atoms with E-state index in [0.29, 0.717) is 30.8 Å². The maximum Gasteiger partial charge on any atom is 0.408 e. The van der Waals surface area contributed by atoms with Gasteiger partial charge in [0.15, 0.2) is 0 Å². The first-order valence-corrected chi connectivity index (χ1v) is 11.5. The Hall–Kier alpha value is -3.29. The molecule has 2 N–H and O–H groups in total. The lowest BCUT2D eigenvalue weighted by Gasteiger charge is -2.23. The Morgan fingerprint density at radius 1 is 1.06 bits per heavy atom. The number of unbranched alkanes of at least 4 members (excludes halogenated alkanes) is 2. The van der Waals surface area contributed by atoms with Gasteiger partial charge in [0, 0.05) is 12.8 Å². The average Bonchev–Trinajstić information content (AvgIpc) is 3.26. The number of fused-ring (bicyclic) bond motifs is 1. The summed E-state index contributed by atoms with van der Waals surface area (Å²) in [6.45, 7) is 7.37. The second-order valence-corrected chi connectivity index (χ2v) is 9.12. The molecule has 2 aromatic heterocycles. The van der Waals surface area contributed by atoms with Gasteiger partial charge in [-0.1, -0.05) is 31.9 Å². The van der Waals surface area contributed by atoms with Gasteiger partial charge < -0.3 is 15.0 Å². The summed E-state index contributed by atoms with van der Waals surface area (Å²) in [5, 5.41) is 2.94. The molecule has 0 fully saturated rings. The minimum Gasteiger partial charge on any atom is -0.444 e. The van der Waals surface area contributed by atoms with Gasteiger partial charge in [-0.3, -0.25) is 9.78 Å². The number of aromatic nitrogens is 4. The molecule has 0 saturated carbocycles. The molecule has 0 unspecified atom stereocenters. The van der Waals surface area contributed by atoms with E-state index >= 15 is 0 Å². The minimum atomic E-state index is -0.593. The van der Waals surface area contributed by atoms with Crippen molar-refractivity contribution >= 4 is 22.9 Å². The number of carbonyl (C=O) groups excluding carboxylic acids is 2. The first-order valence-electron chi connectivity index (χ1n) is 11.5. The lowest BCUT2D eigenvalue weighted by atomic mass is 10.0. The van der Waals surface area contributed by atoms with Gasteiger partial charge >= 0.3 is 6.09 Å². The number of amides is 1. The smallest absolute Gasteiger partial charge is 0.408 e. The Balaban J connectivity index is 1.72. The highest BCUT2D eigenvalue weighted by Gasteiger charge is 2.22. The van der Waals surface area contributed by atoms with E-state index in [1.54, 1.807) is 12.4 Å². The highest BCUT2D eigenvalue weighted by molar-refractivity contribution is 5.78. The molecular weight excluding hydrogens is 418 g/mol. The van der Waals surface area contributed by atoms with Crippen LogP contribution in [-0.4, -0.2) is 37.4 Å². The SMILES string of the molecule is CCC(=O)CCCCC[C@H](NC(=O)OC(C)(C)C)c1ncc(-c2cnc3ccccc3n2)[nH]1. The molecule has 0 spiro atoms. The molecule has 0 aliphatic heterocycles. The van der Waals surface area contributed by atoms with Crippen molar-refractivity contribution in [3.63, 3.8) is 0 Å². The summed E-state index contributed by atoms with van der Waals surface area (Å²) < 4.78 is 5.44. The molecule has 3 aromatic rings. The van der Waals surface area contributed by atoms with Gasteiger partial charge in [-0.15, -0.1) is 0 Å². The molecule has 0 aliphatic rings. The normalized spacial score (nSPS) is 12.5. The number of aromatic amines is 1. The van der Waals surface area contributed by atoms with E-state index in [1.165, 1.54) is 0 Å². The van der Waals surface area contributed by atoms with Crippen LogP contribution in [0.2, 0.25) is 0 Å². The average molecular weight is 452 g/mol. The molecule has 0 aliphatic carbocycles. The van der Waals surface area contributed by atoms with Crippen LogP contribution >= 0.6 is 0 Å². The molecule has 1 atom stereocenters. The number of para-hydroxylation sites is 2. The number of hydrogen-bond acceptors (Lipinski definition) is 6. The first-order chi connectivity index (χ1) is 15.7. The van der Waals surface area contributed by atoms with Gasteiger partial charge in [0.1, 0.15) is 22.9 Å². The van der Waals surface area contributed by atoms with E-state index in [2.05, 4.69) is 25.3 Å². The minimum absolute atomic E-state index is 0.283. The lowest BCUT2D eigenvalue weighted by Crippen LogP contribution is -2.35. The van der Waals surface area contributed by atoms with Gasteiger partial charge in [-0.25, -0.2) is 14.8 Å². The quantitative estimate of drug-likeness (QED) is 0.393. The first kappa shape index (κ1) is 24.4. The van der Waals surface area contributed by atoms with Crippen LogP contribution in [0.25, 0.3) is 22.4 Å². The Morgan fingerprint density at radius 3 is 2.55 bits per heavy atom. The third-order valence-corrected chi connectivity index (χ3v) is 5.18. The van der Waals surface area contributed by atoms with Crippen LogP contribution in [0.3, 0.4) is 0 Å². The van der Waals surface area contributed by atoms with Gasteiger partial charge in [0.2, 0.25) is 0 Å². The molecule has 0 saturated heterocycles. The van der Waals surface area contributed by atoms with Crippen LogP contribution in [0, 0.1) is 0 Å². The summed E-state index contributed by atoms with van der Waals surface area (Å²) in [5.41, 5.74) is 2.45. The number of rotatable bonds is 10. The second-order valence-electron chi connectivity index (χ2n) is 9.12. The Labute approximate surface area is 194 Å².